The first-order valence-corrected chi connectivity index (χ1v) is 13.1. The highest BCUT2D eigenvalue weighted by Crippen LogP contribution is 2.59. The van der Waals surface area contributed by atoms with Gasteiger partial charge in [0.15, 0.2) is 0 Å². The minimum atomic E-state index is -0.430. The Morgan fingerprint density at radius 3 is 2.62 bits per heavy atom. The average Bonchev–Trinajstić information content (AvgIpc) is 3.79. The Kier molecular flexibility index (Phi) is 8.76. The average molecular weight is 516 g/mol. The van der Waals surface area contributed by atoms with E-state index in [-0.39, 0.29) is 36.4 Å². The molecular weight excluding hydrogens is 474 g/mol. The van der Waals surface area contributed by atoms with Crippen LogP contribution >= 0.6 is 0 Å². The maximum atomic E-state index is 12.8. The summed E-state index contributed by atoms with van der Waals surface area (Å²) in [6.07, 6.45) is 6.73. The van der Waals surface area contributed by atoms with Crippen LogP contribution in [0, 0.1) is 5.92 Å². The Hall–Kier alpha value is -2.23. The van der Waals surface area contributed by atoms with Crippen molar-refractivity contribution in [3.63, 3.8) is 0 Å². The molecule has 204 valence electrons. The van der Waals surface area contributed by atoms with Crippen molar-refractivity contribution >= 4 is 12.0 Å². The van der Waals surface area contributed by atoms with Gasteiger partial charge >= 0.3 is 5.97 Å². The quantitative estimate of drug-likeness (QED) is 0.196. The van der Waals surface area contributed by atoms with Gasteiger partial charge < -0.3 is 33.7 Å². The number of likely N-dealkylation sites (N-methyl/N-ethyl adjacent to an activating group) is 1. The molecule has 1 spiro atoms. The fraction of sp³-hybridized carbons (Fsp3) is 0.621. The minimum Gasteiger partial charge on any atom is -0.492 e. The molecule has 0 amide bonds. The molecule has 8 nitrogen and oxygen atoms in total. The van der Waals surface area contributed by atoms with Gasteiger partial charge in [0.05, 0.1) is 25.2 Å². The Morgan fingerprint density at radius 2 is 2.00 bits per heavy atom. The van der Waals surface area contributed by atoms with Crippen molar-refractivity contribution in [2.45, 2.75) is 62.6 Å². The lowest BCUT2D eigenvalue weighted by Crippen LogP contribution is -2.55. The number of hydrogen-bond donors (Lipinski definition) is 1. The van der Waals surface area contributed by atoms with Crippen molar-refractivity contribution in [2.24, 2.45) is 5.92 Å². The molecule has 0 radical (unpaired) electrons. The van der Waals surface area contributed by atoms with Gasteiger partial charge in [-0.1, -0.05) is 23.8 Å². The lowest BCUT2D eigenvalue weighted by Gasteiger charge is -2.42. The largest absolute Gasteiger partial charge is 0.492 e. The number of aliphatic hydroxyl groups is 1. The van der Waals surface area contributed by atoms with Gasteiger partial charge in [0.1, 0.15) is 35.8 Å². The van der Waals surface area contributed by atoms with E-state index in [0.717, 1.165) is 36.3 Å². The van der Waals surface area contributed by atoms with Crippen molar-refractivity contribution in [3.05, 3.63) is 47.6 Å². The first-order valence-electron chi connectivity index (χ1n) is 13.1. The lowest BCUT2D eigenvalue weighted by molar-refractivity contribution is -0.166. The van der Waals surface area contributed by atoms with Crippen molar-refractivity contribution < 1.29 is 33.6 Å². The second-order valence-electron chi connectivity index (χ2n) is 10.8. The summed E-state index contributed by atoms with van der Waals surface area (Å²) in [7, 11) is 5.67. The van der Waals surface area contributed by atoms with E-state index in [1.165, 1.54) is 6.08 Å². The highest BCUT2D eigenvalue weighted by atomic mass is 16.6. The van der Waals surface area contributed by atoms with Crippen molar-refractivity contribution in [2.75, 3.05) is 47.6 Å². The molecule has 2 aliphatic heterocycles. The van der Waals surface area contributed by atoms with Crippen LogP contribution < -0.4 is 4.74 Å². The zero-order chi connectivity index (χ0) is 26.6. The van der Waals surface area contributed by atoms with Crippen molar-refractivity contribution in [3.8, 4) is 5.75 Å². The van der Waals surface area contributed by atoms with Crippen LogP contribution in [0.5, 0.6) is 5.75 Å². The summed E-state index contributed by atoms with van der Waals surface area (Å²) < 4.78 is 29.7. The molecule has 0 bridgehead atoms. The fourth-order valence-electron chi connectivity index (χ4n) is 5.47. The van der Waals surface area contributed by atoms with Gasteiger partial charge in [-0.25, -0.2) is 4.79 Å². The maximum Gasteiger partial charge on any atom is 0.331 e. The van der Waals surface area contributed by atoms with E-state index in [1.54, 1.807) is 13.2 Å². The van der Waals surface area contributed by atoms with Crippen LogP contribution in [0.1, 0.15) is 38.7 Å². The molecule has 1 aliphatic carbocycles. The second-order valence-corrected chi connectivity index (χ2v) is 10.8. The highest BCUT2D eigenvalue weighted by Gasteiger charge is 2.72. The predicted molar refractivity (Wildman–Crippen MR) is 140 cm³/mol. The molecule has 1 aromatic rings. The molecule has 37 heavy (non-hydrogen) atoms. The van der Waals surface area contributed by atoms with Crippen LogP contribution in [0.3, 0.4) is 0 Å². The molecule has 1 aromatic carbocycles. The molecule has 2 heterocycles. The third-order valence-corrected chi connectivity index (χ3v) is 7.79. The van der Waals surface area contributed by atoms with Gasteiger partial charge in [0, 0.05) is 19.7 Å². The van der Waals surface area contributed by atoms with Gasteiger partial charge in [-0.3, -0.25) is 0 Å². The molecule has 8 heteroatoms. The molecule has 4 rings (SSSR count). The van der Waals surface area contributed by atoms with Gasteiger partial charge in [-0.05, 0) is 71.0 Å². The van der Waals surface area contributed by atoms with Crippen LogP contribution in [-0.2, 0) is 23.7 Å². The number of carbonyl (C=O) groups is 1. The monoisotopic (exact) mass is 515 g/mol. The smallest absolute Gasteiger partial charge is 0.331 e. The Labute approximate surface area is 220 Å². The van der Waals surface area contributed by atoms with Gasteiger partial charge in [0.2, 0.25) is 0 Å². The van der Waals surface area contributed by atoms with E-state index in [2.05, 4.69) is 11.8 Å². The van der Waals surface area contributed by atoms with Crippen LogP contribution in [0.2, 0.25) is 0 Å². The number of epoxide rings is 2. The summed E-state index contributed by atoms with van der Waals surface area (Å²) in [6, 6.07) is 7.62. The number of aliphatic hydroxyl groups excluding tert-OH is 1. The highest BCUT2D eigenvalue weighted by molar-refractivity contribution is 5.87. The zero-order valence-electron chi connectivity index (χ0n) is 22.6. The molecule has 2 saturated heterocycles. The third kappa shape index (κ3) is 6.62. The normalized spacial score (nSPS) is 33.2. The number of benzene rings is 1. The van der Waals surface area contributed by atoms with Crippen LogP contribution in [0.4, 0.5) is 0 Å². The maximum absolute atomic E-state index is 12.8. The third-order valence-electron chi connectivity index (χ3n) is 7.79. The zero-order valence-corrected chi connectivity index (χ0v) is 22.6. The molecule has 1 N–H and O–H groups in total. The van der Waals surface area contributed by atoms with E-state index >= 15 is 0 Å². The van der Waals surface area contributed by atoms with E-state index in [0.29, 0.717) is 19.6 Å². The van der Waals surface area contributed by atoms with Gasteiger partial charge in [-0.2, -0.15) is 0 Å². The topological polar surface area (TPSA) is 93.3 Å². The molecule has 3 fully saturated rings. The summed E-state index contributed by atoms with van der Waals surface area (Å²) in [4.78, 5) is 14.8. The van der Waals surface area contributed by atoms with Gasteiger partial charge in [0.25, 0.3) is 0 Å². The SMILES string of the molecule is CO[C@H]1[C@H](C2(C)OC2C/C=C(\C)CO)[C@]2(CC[C@H]1OC(=O)/C=C/c1ccc(OCCN(C)C)cc1)CO2. The summed E-state index contributed by atoms with van der Waals surface area (Å²) >= 11 is 0. The Bertz CT molecular complexity index is 984. The molecular formula is C29H41NO7. The van der Waals surface area contributed by atoms with Gasteiger partial charge in [-0.15, -0.1) is 0 Å². The van der Waals surface area contributed by atoms with Crippen LogP contribution in [0.25, 0.3) is 6.08 Å². The predicted octanol–water partition coefficient (Wildman–Crippen LogP) is 3.23. The van der Waals surface area contributed by atoms with Crippen LogP contribution in [-0.4, -0.2) is 93.1 Å². The van der Waals surface area contributed by atoms with E-state index in [1.807, 2.05) is 51.4 Å². The van der Waals surface area contributed by atoms with E-state index < -0.39 is 11.6 Å². The van der Waals surface area contributed by atoms with E-state index in [9.17, 15) is 9.90 Å². The summed E-state index contributed by atoms with van der Waals surface area (Å²) in [5.41, 5.74) is 1.10. The number of hydrogen-bond acceptors (Lipinski definition) is 8. The van der Waals surface area contributed by atoms with Crippen molar-refractivity contribution in [1.82, 2.24) is 4.90 Å². The molecule has 2 unspecified atom stereocenters. The lowest BCUT2D eigenvalue weighted by atomic mass is 9.68. The molecule has 0 aromatic heterocycles. The first-order chi connectivity index (χ1) is 17.7. The summed E-state index contributed by atoms with van der Waals surface area (Å²) in [6.45, 7) is 6.18. The summed E-state index contributed by atoms with van der Waals surface area (Å²) in [5.74, 6) is 0.350. The minimum absolute atomic E-state index is 0.0157. The van der Waals surface area contributed by atoms with Crippen LogP contribution in [0.15, 0.2) is 42.0 Å². The number of carbonyl (C=O) groups excluding carboxylic acids is 1. The Balaban J connectivity index is 1.36. The second kappa shape index (κ2) is 11.7. The fourth-order valence-corrected chi connectivity index (χ4v) is 5.47. The number of methoxy groups -OCH3 is 1. The molecule has 6 atom stereocenters. The molecule has 1 saturated carbocycles. The first kappa shape index (κ1) is 27.8. The number of nitrogens with zero attached hydrogens (tertiary/aromatic N) is 1. The van der Waals surface area contributed by atoms with Crippen molar-refractivity contribution in [1.29, 1.82) is 0 Å². The Morgan fingerprint density at radius 1 is 1.27 bits per heavy atom. The number of rotatable bonds is 12. The molecule has 3 aliphatic rings. The van der Waals surface area contributed by atoms with E-state index in [4.69, 9.17) is 23.7 Å². The standard InChI is InChI=1S/C29H41NO7/c1-20(18-31)6-12-24-28(2,37-24)27-26(33-5)23(14-15-29(27)19-35-29)36-25(32)13-9-21-7-10-22(11-8-21)34-17-16-30(3)4/h6-11,13,23-24,26-27,31H,12,14-19H2,1-5H3/b13-9+,20-6+/t23-,24?,26-,27-,28?,29+/m1/s1. The number of esters is 1. The number of ether oxygens (including phenoxy) is 5. The summed E-state index contributed by atoms with van der Waals surface area (Å²) in [5, 5.41) is 9.30.